The Labute approximate surface area is 142 Å². The summed E-state index contributed by atoms with van der Waals surface area (Å²) in [5, 5.41) is 11.1. The van der Waals surface area contributed by atoms with Crippen molar-refractivity contribution in [3.8, 4) is 5.75 Å². The highest BCUT2D eigenvalue weighted by Gasteiger charge is 2.07. The van der Waals surface area contributed by atoms with E-state index in [1.54, 1.807) is 18.3 Å². The summed E-state index contributed by atoms with van der Waals surface area (Å²) < 4.78 is 13.2. The van der Waals surface area contributed by atoms with Crippen LogP contribution in [0, 0.1) is 11.7 Å². The number of halogens is 1. The van der Waals surface area contributed by atoms with Crippen molar-refractivity contribution in [2.24, 2.45) is 5.10 Å². The van der Waals surface area contributed by atoms with E-state index in [1.165, 1.54) is 11.0 Å². The number of aryl methyl sites for hydroxylation is 1. The normalized spacial score (nSPS) is 11.2. The number of benzene rings is 1. The minimum atomic E-state index is 0.281. The molecule has 0 spiro atoms. The first-order valence-corrected chi connectivity index (χ1v) is 7.55. The number of ether oxygens (including phenoxy) is 1. The van der Waals surface area contributed by atoms with Crippen molar-refractivity contribution in [3.05, 3.63) is 63.5 Å². The van der Waals surface area contributed by atoms with E-state index in [0.717, 1.165) is 5.56 Å². The summed E-state index contributed by atoms with van der Waals surface area (Å²) in [4.78, 5) is 0. The van der Waals surface area contributed by atoms with Crippen molar-refractivity contribution in [3.63, 3.8) is 0 Å². The van der Waals surface area contributed by atoms with Crippen LogP contribution in [0.2, 0.25) is 5.02 Å². The molecular formula is C15H13ClN4O2S. The van der Waals surface area contributed by atoms with Crippen LogP contribution in [0.1, 0.15) is 17.1 Å². The summed E-state index contributed by atoms with van der Waals surface area (Å²) in [5.41, 5.74) is 0.972. The van der Waals surface area contributed by atoms with Crippen molar-refractivity contribution < 1.29 is 9.15 Å². The van der Waals surface area contributed by atoms with Gasteiger partial charge in [-0.15, -0.1) is 0 Å². The maximum Gasteiger partial charge on any atom is 0.216 e. The van der Waals surface area contributed by atoms with E-state index >= 15 is 0 Å². The van der Waals surface area contributed by atoms with Gasteiger partial charge in [0.2, 0.25) is 4.77 Å². The molecule has 0 amide bonds. The van der Waals surface area contributed by atoms with Crippen LogP contribution in [-0.2, 0) is 6.61 Å². The Kier molecular flexibility index (Phi) is 4.59. The fourth-order valence-corrected chi connectivity index (χ4v) is 2.35. The van der Waals surface area contributed by atoms with Gasteiger partial charge in [-0.1, -0.05) is 23.7 Å². The topological polar surface area (TPSA) is 68.3 Å². The molecule has 0 saturated carbocycles. The van der Waals surface area contributed by atoms with Crippen LogP contribution in [0.25, 0.3) is 0 Å². The molecule has 0 atom stereocenters. The lowest BCUT2D eigenvalue weighted by Crippen LogP contribution is -1.96. The molecule has 2 aromatic heterocycles. The van der Waals surface area contributed by atoms with Gasteiger partial charge < -0.3 is 9.15 Å². The van der Waals surface area contributed by atoms with E-state index in [-0.39, 0.29) is 6.61 Å². The highest BCUT2D eigenvalue weighted by Crippen LogP contribution is 2.28. The molecule has 118 valence electrons. The molecule has 1 N–H and O–H groups in total. The molecule has 0 aliphatic rings. The van der Waals surface area contributed by atoms with Gasteiger partial charge >= 0.3 is 0 Å². The SMILES string of the molecule is Cc1cccc(Cl)c1OCc1ccc(/C=N\n2cn[nH]c2=S)o1. The van der Waals surface area contributed by atoms with E-state index in [2.05, 4.69) is 15.3 Å². The van der Waals surface area contributed by atoms with Gasteiger partial charge in [-0.05, 0) is 42.9 Å². The minimum Gasteiger partial charge on any atom is -0.484 e. The van der Waals surface area contributed by atoms with Crippen LogP contribution < -0.4 is 4.74 Å². The van der Waals surface area contributed by atoms with Crippen LogP contribution in [0.3, 0.4) is 0 Å². The van der Waals surface area contributed by atoms with Gasteiger partial charge in [0, 0.05) is 0 Å². The standard InChI is InChI=1S/C15H13ClN4O2S/c1-10-3-2-4-13(16)14(10)21-8-12-6-5-11(22-12)7-18-20-9-17-19-15(20)23/h2-7,9H,8H2,1H3,(H,19,23)/b18-7-. The third-order valence-corrected chi connectivity index (χ3v) is 3.63. The molecule has 0 unspecified atom stereocenters. The van der Waals surface area contributed by atoms with Gasteiger partial charge in [-0.2, -0.15) is 14.9 Å². The van der Waals surface area contributed by atoms with Crippen LogP contribution in [0.15, 0.2) is 46.2 Å². The molecule has 1 aromatic carbocycles. The summed E-state index contributed by atoms with van der Waals surface area (Å²) in [6.07, 6.45) is 3.03. The van der Waals surface area contributed by atoms with E-state index in [4.69, 9.17) is 33.0 Å². The number of aromatic nitrogens is 3. The molecule has 0 aliphatic heterocycles. The van der Waals surface area contributed by atoms with Crippen molar-refractivity contribution in [1.82, 2.24) is 14.9 Å². The molecule has 0 aliphatic carbocycles. The van der Waals surface area contributed by atoms with Gasteiger partial charge in [-0.25, -0.2) is 0 Å². The van der Waals surface area contributed by atoms with Crippen LogP contribution >= 0.6 is 23.8 Å². The summed E-state index contributed by atoms with van der Waals surface area (Å²) in [7, 11) is 0. The lowest BCUT2D eigenvalue weighted by Gasteiger charge is -2.09. The number of nitrogens with zero attached hydrogens (tertiary/aromatic N) is 3. The fourth-order valence-electron chi connectivity index (χ4n) is 1.93. The number of nitrogens with one attached hydrogen (secondary N) is 1. The maximum absolute atomic E-state index is 6.12. The summed E-state index contributed by atoms with van der Waals surface area (Å²) in [5.74, 6) is 1.91. The van der Waals surface area contributed by atoms with E-state index < -0.39 is 0 Å². The minimum absolute atomic E-state index is 0.281. The number of para-hydroxylation sites is 1. The zero-order valence-corrected chi connectivity index (χ0v) is 13.8. The molecular weight excluding hydrogens is 336 g/mol. The van der Waals surface area contributed by atoms with Crippen LogP contribution in [0.5, 0.6) is 5.75 Å². The zero-order valence-electron chi connectivity index (χ0n) is 12.2. The van der Waals surface area contributed by atoms with Crippen molar-refractivity contribution >= 4 is 30.0 Å². The quantitative estimate of drug-likeness (QED) is 0.559. The Hall–Kier alpha value is -2.38. The van der Waals surface area contributed by atoms with Gasteiger partial charge in [0.15, 0.2) is 0 Å². The van der Waals surface area contributed by atoms with E-state index in [0.29, 0.717) is 27.1 Å². The summed E-state index contributed by atoms with van der Waals surface area (Å²) >= 11 is 11.1. The second-order valence-electron chi connectivity index (χ2n) is 4.73. The molecule has 2 heterocycles. The average Bonchev–Trinajstić information content (AvgIpc) is 3.14. The Morgan fingerprint density at radius 3 is 3.04 bits per heavy atom. The molecule has 0 fully saturated rings. The van der Waals surface area contributed by atoms with Gasteiger partial charge in [0.25, 0.3) is 0 Å². The second-order valence-corrected chi connectivity index (χ2v) is 5.52. The number of H-pyrrole nitrogens is 1. The monoisotopic (exact) mass is 348 g/mol. The first kappa shape index (κ1) is 15.5. The molecule has 0 bridgehead atoms. The Bertz CT molecular complexity index is 877. The van der Waals surface area contributed by atoms with Gasteiger partial charge in [0.05, 0.1) is 11.2 Å². The Balaban J connectivity index is 1.67. The molecule has 0 radical (unpaired) electrons. The highest BCUT2D eigenvalue weighted by atomic mass is 35.5. The summed E-state index contributed by atoms with van der Waals surface area (Å²) in [6, 6.07) is 9.23. The predicted molar refractivity (Wildman–Crippen MR) is 89.6 cm³/mol. The predicted octanol–water partition coefficient (Wildman–Crippen LogP) is 3.96. The van der Waals surface area contributed by atoms with Gasteiger partial charge in [0.1, 0.15) is 30.2 Å². The first-order chi connectivity index (χ1) is 11.1. The maximum atomic E-state index is 6.12. The molecule has 3 rings (SSSR count). The van der Waals surface area contributed by atoms with Gasteiger partial charge in [-0.3, -0.25) is 5.10 Å². The third-order valence-electron chi connectivity index (χ3n) is 3.05. The smallest absolute Gasteiger partial charge is 0.216 e. The Morgan fingerprint density at radius 1 is 1.43 bits per heavy atom. The average molecular weight is 349 g/mol. The molecule has 6 nitrogen and oxygen atoms in total. The Morgan fingerprint density at radius 2 is 2.30 bits per heavy atom. The lowest BCUT2D eigenvalue weighted by atomic mass is 10.2. The number of hydrogen-bond acceptors (Lipinski definition) is 5. The highest BCUT2D eigenvalue weighted by molar-refractivity contribution is 7.71. The first-order valence-electron chi connectivity index (χ1n) is 6.76. The summed E-state index contributed by atoms with van der Waals surface area (Å²) in [6.45, 7) is 2.22. The van der Waals surface area contributed by atoms with E-state index in [1.807, 2.05) is 25.1 Å². The largest absolute Gasteiger partial charge is 0.484 e. The van der Waals surface area contributed by atoms with Crippen LogP contribution in [-0.4, -0.2) is 21.1 Å². The van der Waals surface area contributed by atoms with Crippen LogP contribution in [0.4, 0.5) is 0 Å². The fraction of sp³-hybridized carbons (Fsp3) is 0.133. The number of furan rings is 1. The molecule has 8 heteroatoms. The third kappa shape index (κ3) is 3.69. The van der Waals surface area contributed by atoms with Crippen molar-refractivity contribution in [2.75, 3.05) is 0 Å². The number of rotatable bonds is 5. The van der Waals surface area contributed by atoms with E-state index in [9.17, 15) is 0 Å². The molecule has 23 heavy (non-hydrogen) atoms. The molecule has 0 saturated heterocycles. The van der Waals surface area contributed by atoms with Crippen molar-refractivity contribution in [1.29, 1.82) is 0 Å². The second kappa shape index (κ2) is 6.80. The lowest BCUT2D eigenvalue weighted by molar-refractivity contribution is 0.268. The van der Waals surface area contributed by atoms with Crippen molar-refractivity contribution in [2.45, 2.75) is 13.5 Å². The molecule has 3 aromatic rings. The zero-order chi connectivity index (χ0) is 16.2. The number of aromatic amines is 1. The number of hydrogen-bond donors (Lipinski definition) is 1.